The largest absolute Gasteiger partial charge is 0.437 e. The van der Waals surface area contributed by atoms with Gasteiger partial charge in [0.1, 0.15) is 11.3 Å². The van der Waals surface area contributed by atoms with Gasteiger partial charge in [-0.3, -0.25) is 4.79 Å². The van der Waals surface area contributed by atoms with Gasteiger partial charge in [0, 0.05) is 12.2 Å². The summed E-state index contributed by atoms with van der Waals surface area (Å²) in [6.45, 7) is 5.89. The Morgan fingerprint density at radius 2 is 2.12 bits per heavy atom. The zero-order chi connectivity index (χ0) is 17.1. The molecule has 3 rings (SSSR count). The molecule has 0 bridgehead atoms. The van der Waals surface area contributed by atoms with Crippen LogP contribution in [0, 0.1) is 0 Å². The van der Waals surface area contributed by atoms with E-state index in [1.54, 1.807) is 12.4 Å². The quantitative estimate of drug-likeness (QED) is 0.753. The number of amides is 1. The highest BCUT2D eigenvalue weighted by atomic mass is 16.5. The Bertz CT molecular complexity index is 870. The zero-order valence-electron chi connectivity index (χ0n) is 14.0. The highest BCUT2D eigenvalue weighted by Crippen LogP contribution is 2.25. The second-order valence-electron chi connectivity index (χ2n) is 5.80. The number of hydrogen-bond acceptors (Lipinski definition) is 4. The Kier molecular flexibility index (Phi) is 4.46. The van der Waals surface area contributed by atoms with Crippen LogP contribution in [0.3, 0.4) is 0 Å². The Morgan fingerprint density at radius 1 is 1.33 bits per heavy atom. The molecule has 24 heavy (non-hydrogen) atoms. The van der Waals surface area contributed by atoms with Gasteiger partial charge >= 0.3 is 0 Å². The number of fused-ring (bicyclic) bond motifs is 1. The molecule has 3 aromatic rings. The maximum Gasteiger partial charge on any atom is 0.255 e. The van der Waals surface area contributed by atoms with Gasteiger partial charge in [-0.15, -0.1) is 0 Å². The van der Waals surface area contributed by atoms with Gasteiger partial charge in [-0.1, -0.05) is 25.1 Å². The van der Waals surface area contributed by atoms with Crippen LogP contribution in [-0.4, -0.2) is 26.9 Å². The first-order chi connectivity index (χ1) is 11.6. The molecule has 124 valence electrons. The van der Waals surface area contributed by atoms with Gasteiger partial charge in [-0.05, 0) is 31.9 Å². The predicted molar refractivity (Wildman–Crippen MR) is 92.4 cm³/mol. The minimum Gasteiger partial charge on any atom is -0.437 e. The van der Waals surface area contributed by atoms with Crippen molar-refractivity contribution in [1.82, 2.24) is 20.3 Å². The number of hydrogen-bond donors (Lipinski definition) is 2. The fraction of sp³-hybridized carbons (Fsp3) is 0.278. The fourth-order valence-corrected chi connectivity index (χ4v) is 2.45. The van der Waals surface area contributed by atoms with Crippen LogP contribution in [0.1, 0.15) is 36.7 Å². The van der Waals surface area contributed by atoms with Crippen LogP contribution in [0.25, 0.3) is 11.2 Å². The lowest BCUT2D eigenvalue weighted by Gasteiger charge is -2.09. The Labute approximate surface area is 140 Å². The van der Waals surface area contributed by atoms with Crippen LogP contribution in [0.2, 0.25) is 0 Å². The van der Waals surface area contributed by atoms with Gasteiger partial charge < -0.3 is 15.0 Å². The summed E-state index contributed by atoms with van der Waals surface area (Å²) in [5.74, 6) is 0.927. The number of rotatable bonds is 5. The molecule has 0 saturated carbocycles. The number of aromatic nitrogens is 3. The average Bonchev–Trinajstić information content (AvgIpc) is 2.98. The summed E-state index contributed by atoms with van der Waals surface area (Å²) >= 11 is 0. The third kappa shape index (κ3) is 3.22. The smallest absolute Gasteiger partial charge is 0.255 e. The van der Waals surface area contributed by atoms with Gasteiger partial charge in [-0.25, -0.2) is 9.97 Å². The molecule has 0 aliphatic heterocycles. The third-order valence-electron chi connectivity index (χ3n) is 3.59. The number of carbonyl (C=O) groups excluding carboxylic acids is 1. The molecule has 1 aromatic carbocycles. The standard InChI is InChI=1S/C18H20N4O2/c1-4-12-7-5-6-8-14(12)24-15-10-20-17-16(22-15)13(9-19-17)18(23)21-11(2)3/h5-11H,4H2,1-3H3,(H,19,20)(H,21,23). The van der Waals surface area contributed by atoms with Gasteiger partial charge in [0.15, 0.2) is 5.65 Å². The Balaban J connectivity index is 1.94. The maximum absolute atomic E-state index is 12.3. The maximum atomic E-state index is 12.3. The van der Waals surface area contributed by atoms with Gasteiger partial charge in [0.2, 0.25) is 5.88 Å². The molecule has 2 heterocycles. The van der Waals surface area contributed by atoms with Crippen LogP contribution >= 0.6 is 0 Å². The van der Waals surface area contributed by atoms with E-state index in [0.717, 1.165) is 17.7 Å². The molecule has 0 atom stereocenters. The van der Waals surface area contributed by atoms with E-state index in [1.165, 1.54) is 0 Å². The Hall–Kier alpha value is -2.89. The predicted octanol–water partition coefficient (Wildman–Crippen LogP) is 3.45. The first-order valence-electron chi connectivity index (χ1n) is 7.99. The van der Waals surface area contributed by atoms with Crippen molar-refractivity contribution in [2.24, 2.45) is 0 Å². The number of aryl methyl sites for hydroxylation is 1. The SMILES string of the molecule is CCc1ccccc1Oc1cnc2[nH]cc(C(=O)NC(C)C)c2n1. The molecular formula is C18H20N4O2. The van der Waals surface area contributed by atoms with Crippen LogP contribution < -0.4 is 10.1 Å². The van der Waals surface area contributed by atoms with E-state index in [4.69, 9.17) is 4.74 Å². The number of nitrogens with one attached hydrogen (secondary N) is 2. The van der Waals surface area contributed by atoms with Crippen molar-refractivity contribution in [2.45, 2.75) is 33.2 Å². The number of carbonyl (C=O) groups is 1. The molecule has 0 fully saturated rings. The van der Waals surface area contributed by atoms with E-state index in [1.807, 2.05) is 38.1 Å². The number of ether oxygens (including phenoxy) is 1. The normalized spacial score (nSPS) is 11.0. The van der Waals surface area contributed by atoms with E-state index >= 15 is 0 Å². The number of benzene rings is 1. The minimum absolute atomic E-state index is 0.0475. The van der Waals surface area contributed by atoms with Crippen molar-refractivity contribution in [3.8, 4) is 11.6 Å². The first-order valence-corrected chi connectivity index (χ1v) is 7.99. The Morgan fingerprint density at radius 3 is 2.88 bits per heavy atom. The van der Waals surface area contributed by atoms with E-state index in [2.05, 4.69) is 27.2 Å². The minimum atomic E-state index is -0.184. The van der Waals surface area contributed by atoms with Crippen LogP contribution in [0.5, 0.6) is 11.6 Å². The molecule has 0 saturated heterocycles. The molecule has 6 heteroatoms. The molecule has 0 spiro atoms. The number of nitrogens with zero attached hydrogens (tertiary/aromatic N) is 2. The molecule has 0 unspecified atom stereocenters. The van der Waals surface area contributed by atoms with Crippen molar-refractivity contribution in [3.63, 3.8) is 0 Å². The summed E-state index contributed by atoms with van der Waals surface area (Å²) in [4.78, 5) is 24.0. The zero-order valence-corrected chi connectivity index (χ0v) is 14.0. The molecule has 1 amide bonds. The van der Waals surface area contributed by atoms with Crippen molar-refractivity contribution in [3.05, 3.63) is 47.8 Å². The van der Waals surface area contributed by atoms with Crippen molar-refractivity contribution >= 4 is 17.1 Å². The summed E-state index contributed by atoms with van der Waals surface area (Å²) in [6, 6.07) is 7.85. The molecule has 0 aliphatic carbocycles. The lowest BCUT2D eigenvalue weighted by molar-refractivity contribution is 0.0944. The van der Waals surface area contributed by atoms with E-state index in [0.29, 0.717) is 22.6 Å². The lowest BCUT2D eigenvalue weighted by atomic mass is 10.1. The highest BCUT2D eigenvalue weighted by Gasteiger charge is 2.16. The number of aromatic amines is 1. The second kappa shape index (κ2) is 6.70. The van der Waals surface area contributed by atoms with Gasteiger partial charge in [0.05, 0.1) is 11.8 Å². The number of H-pyrrole nitrogens is 1. The monoisotopic (exact) mass is 324 g/mol. The number of para-hydroxylation sites is 1. The molecule has 2 aromatic heterocycles. The lowest BCUT2D eigenvalue weighted by Crippen LogP contribution is -2.29. The summed E-state index contributed by atoms with van der Waals surface area (Å²) in [6.07, 6.45) is 4.03. The van der Waals surface area contributed by atoms with Crippen LogP contribution in [0.4, 0.5) is 0 Å². The van der Waals surface area contributed by atoms with E-state index < -0.39 is 0 Å². The summed E-state index contributed by atoms with van der Waals surface area (Å²) in [7, 11) is 0. The topological polar surface area (TPSA) is 79.9 Å². The molecular weight excluding hydrogens is 304 g/mol. The fourth-order valence-electron chi connectivity index (χ4n) is 2.45. The molecule has 2 N–H and O–H groups in total. The van der Waals surface area contributed by atoms with Crippen molar-refractivity contribution < 1.29 is 9.53 Å². The van der Waals surface area contributed by atoms with Gasteiger partial charge in [-0.2, -0.15) is 0 Å². The molecule has 6 nitrogen and oxygen atoms in total. The molecule has 0 aliphatic rings. The summed E-state index contributed by atoms with van der Waals surface area (Å²) < 4.78 is 5.87. The highest BCUT2D eigenvalue weighted by molar-refractivity contribution is 6.04. The van der Waals surface area contributed by atoms with Crippen LogP contribution in [0.15, 0.2) is 36.7 Å². The second-order valence-corrected chi connectivity index (χ2v) is 5.80. The van der Waals surface area contributed by atoms with Crippen LogP contribution in [-0.2, 0) is 6.42 Å². The van der Waals surface area contributed by atoms with Crippen molar-refractivity contribution in [2.75, 3.05) is 0 Å². The summed E-state index contributed by atoms with van der Waals surface area (Å²) in [5.41, 5.74) is 2.60. The van der Waals surface area contributed by atoms with E-state index in [-0.39, 0.29) is 11.9 Å². The third-order valence-corrected chi connectivity index (χ3v) is 3.59. The average molecular weight is 324 g/mol. The van der Waals surface area contributed by atoms with Gasteiger partial charge in [0.25, 0.3) is 5.91 Å². The first kappa shape index (κ1) is 16.0. The molecule has 0 radical (unpaired) electrons. The van der Waals surface area contributed by atoms with Crippen molar-refractivity contribution in [1.29, 1.82) is 0 Å². The summed E-state index contributed by atoms with van der Waals surface area (Å²) in [5, 5.41) is 2.86. The van der Waals surface area contributed by atoms with E-state index in [9.17, 15) is 4.79 Å².